The van der Waals surface area contributed by atoms with E-state index in [1.165, 1.54) is 13.0 Å². The van der Waals surface area contributed by atoms with Crippen LogP contribution in [0.25, 0.3) is 0 Å². The van der Waals surface area contributed by atoms with E-state index in [0.717, 1.165) is 5.57 Å². The first-order valence-electron chi connectivity index (χ1n) is 3.67. The normalized spacial score (nSPS) is 25.8. The van der Waals surface area contributed by atoms with Crippen molar-refractivity contribution >= 4 is 10.1 Å². The van der Waals surface area contributed by atoms with Crippen molar-refractivity contribution in [2.75, 3.05) is 0 Å². The van der Waals surface area contributed by atoms with Crippen LogP contribution in [0.1, 0.15) is 20.3 Å². The number of hydrogen-bond donors (Lipinski definition) is 1. The Bertz CT molecular complexity index is 341. The summed E-state index contributed by atoms with van der Waals surface area (Å²) in [5.41, 5.74) is 0.956. The van der Waals surface area contributed by atoms with Gasteiger partial charge in [0.2, 0.25) is 0 Å². The maximum atomic E-state index is 10.9. The van der Waals surface area contributed by atoms with E-state index < -0.39 is 14.9 Å². The van der Waals surface area contributed by atoms with E-state index in [4.69, 9.17) is 4.55 Å². The molecule has 0 aliphatic heterocycles. The average molecular weight is 224 g/mol. The summed E-state index contributed by atoms with van der Waals surface area (Å²) in [6, 6.07) is 0. The smallest absolute Gasteiger partial charge is 0.274 e. The molecule has 1 atom stereocenters. The molecule has 6 heteroatoms. The zero-order valence-electron chi connectivity index (χ0n) is 8.11. The van der Waals surface area contributed by atoms with Gasteiger partial charge in [0.05, 0.1) is 0 Å². The van der Waals surface area contributed by atoms with Crippen molar-refractivity contribution in [3.05, 3.63) is 23.8 Å². The summed E-state index contributed by atoms with van der Waals surface area (Å²) < 4.78 is 29.6. The van der Waals surface area contributed by atoms with Gasteiger partial charge in [-0.15, -0.1) is 0 Å². The van der Waals surface area contributed by atoms with Crippen molar-refractivity contribution in [2.45, 2.75) is 25.0 Å². The fourth-order valence-corrected chi connectivity index (χ4v) is 1.93. The van der Waals surface area contributed by atoms with Crippen molar-refractivity contribution in [1.82, 2.24) is 0 Å². The van der Waals surface area contributed by atoms with Gasteiger partial charge >= 0.3 is 0 Å². The van der Waals surface area contributed by atoms with Crippen molar-refractivity contribution < 1.29 is 23.9 Å². The Hall–Kier alpha value is -0.690. The zero-order chi connectivity index (χ0) is 9.41. The third-order valence-corrected chi connectivity index (χ3v) is 3.51. The molecule has 0 fully saturated rings. The molecule has 0 aromatic heterocycles. The largest absolute Gasteiger partial charge is 0.412 e. The molecule has 0 radical (unpaired) electrons. The van der Waals surface area contributed by atoms with Gasteiger partial charge in [-0.25, -0.2) is 0 Å². The van der Waals surface area contributed by atoms with E-state index in [9.17, 15) is 8.42 Å². The molecule has 1 unspecified atom stereocenters. The highest BCUT2D eigenvalue weighted by molar-refractivity contribution is 7.87. The lowest BCUT2D eigenvalue weighted by Crippen LogP contribution is -2.33. The monoisotopic (exact) mass is 224 g/mol. The van der Waals surface area contributed by atoms with Crippen LogP contribution in [0, 0.1) is 0 Å². The molecule has 0 aromatic rings. The van der Waals surface area contributed by atoms with Gasteiger partial charge in [0.1, 0.15) is 4.75 Å². The zero-order valence-corrected chi connectivity index (χ0v) is 8.93. The highest BCUT2D eigenvalue weighted by atomic mass is 32.2. The van der Waals surface area contributed by atoms with Crippen LogP contribution < -0.4 is 0 Å². The van der Waals surface area contributed by atoms with Gasteiger partial charge in [0, 0.05) is 0 Å². The molecule has 0 saturated heterocycles. The third kappa shape index (κ3) is 2.91. The molecule has 0 aromatic carbocycles. The molecule has 0 amide bonds. The van der Waals surface area contributed by atoms with Crippen molar-refractivity contribution in [3.8, 4) is 0 Å². The van der Waals surface area contributed by atoms with Crippen LogP contribution in [0.5, 0.6) is 0 Å². The number of rotatable bonds is 1. The van der Waals surface area contributed by atoms with Crippen molar-refractivity contribution in [2.24, 2.45) is 0 Å². The lowest BCUT2D eigenvalue weighted by atomic mass is 9.96. The lowest BCUT2D eigenvalue weighted by Gasteiger charge is -2.24. The summed E-state index contributed by atoms with van der Waals surface area (Å²) in [6.45, 7) is 3.35. The Morgan fingerprint density at radius 2 is 1.93 bits per heavy atom. The molecular weight excluding hydrogens is 208 g/mol. The lowest BCUT2D eigenvalue weighted by molar-refractivity contribution is 0.450. The van der Waals surface area contributed by atoms with Crippen LogP contribution >= 0.6 is 0 Å². The molecule has 5 nitrogen and oxygen atoms in total. The second-order valence-electron chi connectivity index (χ2n) is 3.34. The quantitative estimate of drug-likeness (QED) is 0.626. The molecule has 1 rings (SSSR count). The van der Waals surface area contributed by atoms with E-state index in [-0.39, 0.29) is 11.0 Å². The van der Waals surface area contributed by atoms with Crippen LogP contribution in [0.15, 0.2) is 23.8 Å². The highest BCUT2D eigenvalue weighted by Crippen LogP contribution is 2.29. The molecule has 1 aliphatic carbocycles. The average Bonchev–Trinajstić information content (AvgIpc) is 1.83. The molecular formula is C8H16O5S. The molecule has 84 valence electrons. The van der Waals surface area contributed by atoms with Crippen LogP contribution in [0.3, 0.4) is 0 Å². The SMILES string of the molecule is CC1=CC=CC(C)(S(=O)(=O)O)C1.O.O. The maximum Gasteiger partial charge on any atom is 0.274 e. The molecule has 0 saturated carbocycles. The van der Waals surface area contributed by atoms with Crippen LogP contribution in [-0.4, -0.2) is 28.7 Å². The summed E-state index contributed by atoms with van der Waals surface area (Å²) in [5.74, 6) is 0. The minimum absolute atomic E-state index is 0. The van der Waals surface area contributed by atoms with Gasteiger partial charge < -0.3 is 11.0 Å². The molecule has 0 bridgehead atoms. The summed E-state index contributed by atoms with van der Waals surface area (Å²) in [5, 5.41) is 0. The van der Waals surface area contributed by atoms with Crippen molar-refractivity contribution in [3.63, 3.8) is 0 Å². The Balaban J connectivity index is 0. The minimum Gasteiger partial charge on any atom is -0.412 e. The van der Waals surface area contributed by atoms with Gasteiger partial charge in [0.25, 0.3) is 10.1 Å². The highest BCUT2D eigenvalue weighted by Gasteiger charge is 2.36. The Morgan fingerprint density at radius 3 is 2.21 bits per heavy atom. The van der Waals surface area contributed by atoms with Gasteiger partial charge in [-0.05, 0) is 20.3 Å². The molecule has 0 spiro atoms. The maximum absolute atomic E-state index is 10.9. The van der Waals surface area contributed by atoms with E-state index in [2.05, 4.69) is 0 Å². The first-order chi connectivity index (χ1) is 5.35. The molecule has 5 N–H and O–H groups in total. The molecule has 14 heavy (non-hydrogen) atoms. The summed E-state index contributed by atoms with van der Waals surface area (Å²) in [7, 11) is -3.99. The van der Waals surface area contributed by atoms with Crippen molar-refractivity contribution in [1.29, 1.82) is 0 Å². The topological polar surface area (TPSA) is 117 Å². The summed E-state index contributed by atoms with van der Waals surface area (Å²) in [4.78, 5) is 0. The van der Waals surface area contributed by atoms with Crippen LogP contribution in [0.2, 0.25) is 0 Å². The second kappa shape index (κ2) is 4.70. The van der Waals surface area contributed by atoms with Crippen LogP contribution in [0.4, 0.5) is 0 Å². The van der Waals surface area contributed by atoms with Gasteiger partial charge in [-0.2, -0.15) is 8.42 Å². The second-order valence-corrected chi connectivity index (χ2v) is 5.22. The first-order valence-corrected chi connectivity index (χ1v) is 5.11. The predicted octanol–water partition coefficient (Wildman–Crippen LogP) is -0.110. The Morgan fingerprint density at radius 1 is 1.43 bits per heavy atom. The van der Waals surface area contributed by atoms with Gasteiger partial charge in [0.15, 0.2) is 0 Å². The van der Waals surface area contributed by atoms with E-state index in [1.807, 2.05) is 13.0 Å². The van der Waals surface area contributed by atoms with E-state index in [1.54, 1.807) is 6.08 Å². The fraction of sp³-hybridized carbons (Fsp3) is 0.500. The standard InChI is InChI=1S/C8H12O3S.2H2O/c1-7-4-3-5-8(2,6-7)12(9,10)11;;/h3-5H,6H2,1-2H3,(H,9,10,11);2*1H2. The van der Waals surface area contributed by atoms with E-state index >= 15 is 0 Å². The molecule has 0 heterocycles. The summed E-state index contributed by atoms with van der Waals surface area (Å²) in [6.07, 6.45) is 5.37. The fourth-order valence-electron chi connectivity index (χ4n) is 1.26. The number of hydrogen-bond acceptors (Lipinski definition) is 2. The minimum atomic E-state index is -3.99. The van der Waals surface area contributed by atoms with Gasteiger partial charge in [-0.3, -0.25) is 4.55 Å². The van der Waals surface area contributed by atoms with Gasteiger partial charge in [-0.1, -0.05) is 23.8 Å². The Labute approximate surface area is 83.5 Å². The Kier molecular flexibility index (Phi) is 5.29. The first kappa shape index (κ1) is 15.8. The van der Waals surface area contributed by atoms with E-state index in [0.29, 0.717) is 6.42 Å². The van der Waals surface area contributed by atoms with Crippen LogP contribution in [-0.2, 0) is 10.1 Å². The summed E-state index contributed by atoms with van der Waals surface area (Å²) >= 11 is 0. The third-order valence-electron chi connectivity index (χ3n) is 2.05. The number of allylic oxidation sites excluding steroid dienone is 3. The predicted molar refractivity (Wildman–Crippen MR) is 54.7 cm³/mol. The molecule has 1 aliphatic rings.